The Hall–Kier alpha value is -1.38. The van der Waals surface area contributed by atoms with Gasteiger partial charge in [0.1, 0.15) is 6.54 Å². The Morgan fingerprint density at radius 3 is 2.40 bits per heavy atom. The zero-order chi connectivity index (χ0) is 15.2. The van der Waals surface area contributed by atoms with Crippen molar-refractivity contribution in [1.82, 2.24) is 0 Å². The van der Waals surface area contributed by atoms with Crippen LogP contribution in [0.15, 0.2) is 24.5 Å². The van der Waals surface area contributed by atoms with Gasteiger partial charge in [-0.3, -0.25) is 0 Å². The first-order valence-electron chi connectivity index (χ1n) is 7.75. The summed E-state index contributed by atoms with van der Waals surface area (Å²) in [5.74, 6) is -1.08. The molecule has 0 radical (unpaired) electrons. The molecule has 1 aromatic heterocycles. The van der Waals surface area contributed by atoms with Crippen molar-refractivity contribution in [2.24, 2.45) is 0 Å². The van der Waals surface area contributed by atoms with Gasteiger partial charge in [0.2, 0.25) is 0 Å². The van der Waals surface area contributed by atoms with Gasteiger partial charge in [-0.2, -0.15) is 0 Å². The molecule has 0 amide bonds. The Labute approximate surface area is 123 Å². The van der Waals surface area contributed by atoms with E-state index in [2.05, 4.69) is 42.9 Å². The number of unbranched alkanes of at least 4 members (excludes halogenated alkanes) is 4. The van der Waals surface area contributed by atoms with Gasteiger partial charge in [-0.25, -0.2) is 4.57 Å². The number of rotatable bonds is 8. The molecule has 0 N–H and O–H groups in total. The van der Waals surface area contributed by atoms with Crippen LogP contribution < -0.4 is 9.67 Å². The third kappa shape index (κ3) is 11.7. The molecular weight excluding hydrogens is 250 g/mol. The topological polar surface area (TPSA) is 44.0 Å². The highest BCUT2D eigenvalue weighted by Crippen LogP contribution is 2.03. The van der Waals surface area contributed by atoms with Gasteiger partial charge in [-0.15, -0.1) is 0 Å². The second-order valence-corrected chi connectivity index (χ2v) is 5.11. The normalized spacial score (nSPS) is 9.75. The van der Waals surface area contributed by atoms with Crippen LogP contribution in [0.25, 0.3) is 0 Å². The molecule has 0 fully saturated rings. The summed E-state index contributed by atoms with van der Waals surface area (Å²) in [6.45, 7) is 6.66. The number of hydrogen-bond acceptors (Lipinski definition) is 2. The zero-order valence-corrected chi connectivity index (χ0v) is 13.2. The number of aryl methyl sites for hydroxylation is 2. The molecule has 1 rings (SSSR count). The molecular formula is C17H29NO2. The number of nitrogens with zero attached hydrogens (tertiary/aromatic N) is 1. The molecule has 0 aromatic carbocycles. The van der Waals surface area contributed by atoms with Crippen LogP contribution in [0.3, 0.4) is 0 Å². The number of carboxylic acids is 1. The smallest absolute Gasteiger partial charge is 0.171 e. The highest BCUT2D eigenvalue weighted by atomic mass is 16.4. The van der Waals surface area contributed by atoms with E-state index in [4.69, 9.17) is 9.90 Å². The third-order valence-electron chi connectivity index (χ3n) is 2.98. The van der Waals surface area contributed by atoms with Crippen LogP contribution >= 0.6 is 0 Å². The van der Waals surface area contributed by atoms with Crippen molar-refractivity contribution in [2.75, 3.05) is 0 Å². The van der Waals surface area contributed by atoms with Crippen molar-refractivity contribution >= 4 is 5.97 Å². The maximum absolute atomic E-state index is 8.89. The van der Waals surface area contributed by atoms with Crippen LogP contribution in [-0.4, -0.2) is 5.97 Å². The Morgan fingerprint density at radius 1 is 1.15 bits per heavy atom. The highest BCUT2D eigenvalue weighted by Gasteiger charge is 2.01. The van der Waals surface area contributed by atoms with Gasteiger partial charge in [-0.05, 0) is 25.8 Å². The molecule has 0 spiro atoms. The number of carboxylic acid groups (broad SMARTS) is 1. The minimum Gasteiger partial charge on any atom is -0.550 e. The monoisotopic (exact) mass is 279 g/mol. The predicted molar refractivity (Wildman–Crippen MR) is 80.1 cm³/mol. The van der Waals surface area contributed by atoms with Crippen LogP contribution in [0.1, 0.15) is 64.9 Å². The van der Waals surface area contributed by atoms with Crippen molar-refractivity contribution in [1.29, 1.82) is 0 Å². The Balaban J connectivity index is 0.000000796. The molecule has 0 aliphatic carbocycles. The molecule has 0 atom stereocenters. The number of carbonyl (C=O) groups is 1. The molecule has 0 aliphatic rings. The highest BCUT2D eigenvalue weighted by molar-refractivity contribution is 5.60. The summed E-state index contributed by atoms with van der Waals surface area (Å²) in [7, 11) is 0. The standard InChI is InChI=1S/C15H26N.C2H4O2/c1-3-5-6-7-8-12-16-13-9-11-15(14-16)10-4-2;1-2(3)4/h9,11,13-14H,3-8,10,12H2,1-2H3;1H3,(H,3,4)/q+1;/p-1. The van der Waals surface area contributed by atoms with E-state index in [-0.39, 0.29) is 0 Å². The summed E-state index contributed by atoms with van der Waals surface area (Å²) in [6, 6.07) is 4.41. The van der Waals surface area contributed by atoms with E-state index in [0.717, 1.165) is 6.92 Å². The second-order valence-electron chi connectivity index (χ2n) is 5.11. The van der Waals surface area contributed by atoms with Gasteiger partial charge in [0.25, 0.3) is 0 Å². The average molecular weight is 279 g/mol. The fourth-order valence-electron chi connectivity index (χ4n) is 2.05. The van der Waals surface area contributed by atoms with Crippen molar-refractivity contribution in [3.05, 3.63) is 30.1 Å². The molecule has 1 aromatic rings. The second kappa shape index (κ2) is 12.6. The van der Waals surface area contributed by atoms with Gasteiger partial charge < -0.3 is 9.90 Å². The van der Waals surface area contributed by atoms with Gasteiger partial charge in [0.05, 0.1) is 0 Å². The van der Waals surface area contributed by atoms with E-state index in [1.807, 2.05) is 0 Å². The summed E-state index contributed by atoms with van der Waals surface area (Å²) >= 11 is 0. The minimum atomic E-state index is -1.08. The van der Waals surface area contributed by atoms with Crippen LogP contribution in [0.2, 0.25) is 0 Å². The van der Waals surface area contributed by atoms with Gasteiger partial charge in [-0.1, -0.05) is 39.5 Å². The maximum atomic E-state index is 8.89. The van der Waals surface area contributed by atoms with Crippen LogP contribution in [0.5, 0.6) is 0 Å². The third-order valence-corrected chi connectivity index (χ3v) is 2.98. The lowest BCUT2D eigenvalue weighted by atomic mass is 10.1. The summed E-state index contributed by atoms with van der Waals surface area (Å²) in [5, 5.41) is 8.89. The lowest BCUT2D eigenvalue weighted by Gasteiger charge is -2.00. The van der Waals surface area contributed by atoms with E-state index >= 15 is 0 Å². The first-order valence-corrected chi connectivity index (χ1v) is 7.75. The number of pyridine rings is 1. The molecule has 3 nitrogen and oxygen atoms in total. The first kappa shape index (κ1) is 18.6. The van der Waals surface area contributed by atoms with Crippen LogP contribution in [-0.2, 0) is 17.8 Å². The SMILES string of the molecule is CC(=O)[O-].CCCCCCC[n+]1cccc(CCC)c1. The van der Waals surface area contributed by atoms with E-state index in [1.165, 1.54) is 57.1 Å². The van der Waals surface area contributed by atoms with Crippen molar-refractivity contribution in [3.8, 4) is 0 Å². The Kier molecular flexibility index (Phi) is 11.8. The summed E-state index contributed by atoms with van der Waals surface area (Å²) in [5.41, 5.74) is 1.47. The number of carbonyl (C=O) groups excluding carboxylic acids is 1. The fourth-order valence-corrected chi connectivity index (χ4v) is 2.05. The number of aliphatic carboxylic acids is 1. The molecule has 0 bridgehead atoms. The molecule has 114 valence electrons. The zero-order valence-electron chi connectivity index (χ0n) is 13.2. The number of aromatic nitrogens is 1. The van der Waals surface area contributed by atoms with Gasteiger partial charge >= 0.3 is 0 Å². The predicted octanol–water partition coefficient (Wildman–Crippen LogP) is 2.65. The van der Waals surface area contributed by atoms with Crippen molar-refractivity contribution in [3.63, 3.8) is 0 Å². The summed E-state index contributed by atoms with van der Waals surface area (Å²) in [4.78, 5) is 8.89. The Bertz CT molecular complexity index is 360. The van der Waals surface area contributed by atoms with E-state index in [0.29, 0.717) is 0 Å². The summed E-state index contributed by atoms with van der Waals surface area (Å²) < 4.78 is 2.34. The number of hydrogen-bond donors (Lipinski definition) is 0. The van der Waals surface area contributed by atoms with E-state index in [9.17, 15) is 0 Å². The van der Waals surface area contributed by atoms with Crippen molar-refractivity contribution < 1.29 is 14.5 Å². The van der Waals surface area contributed by atoms with Crippen molar-refractivity contribution in [2.45, 2.75) is 72.3 Å². The average Bonchev–Trinajstić information content (AvgIpc) is 2.39. The quantitative estimate of drug-likeness (QED) is 0.542. The largest absolute Gasteiger partial charge is 0.550 e. The molecule has 20 heavy (non-hydrogen) atoms. The summed E-state index contributed by atoms with van der Waals surface area (Å²) in [6.07, 6.45) is 13.8. The van der Waals surface area contributed by atoms with Gasteiger partial charge in [0.15, 0.2) is 12.4 Å². The molecule has 0 unspecified atom stereocenters. The Morgan fingerprint density at radius 2 is 1.80 bits per heavy atom. The lowest BCUT2D eigenvalue weighted by Crippen LogP contribution is -2.33. The van der Waals surface area contributed by atoms with E-state index < -0.39 is 5.97 Å². The van der Waals surface area contributed by atoms with Crippen LogP contribution in [0.4, 0.5) is 0 Å². The minimum absolute atomic E-state index is 0.972. The van der Waals surface area contributed by atoms with Crippen LogP contribution in [0, 0.1) is 0 Å². The van der Waals surface area contributed by atoms with E-state index in [1.54, 1.807) is 0 Å². The molecule has 0 aliphatic heterocycles. The lowest BCUT2D eigenvalue weighted by molar-refractivity contribution is -0.697. The van der Waals surface area contributed by atoms with Gasteiger partial charge in [0, 0.05) is 24.0 Å². The molecule has 0 saturated heterocycles. The molecule has 0 saturated carbocycles. The first-order chi connectivity index (χ1) is 9.60. The molecule has 3 heteroatoms. The fraction of sp³-hybridized carbons (Fsp3) is 0.647. The maximum Gasteiger partial charge on any atom is 0.171 e. The molecule has 1 heterocycles.